The number of carboxylic acid groups (broad SMARTS) is 1. The summed E-state index contributed by atoms with van der Waals surface area (Å²) in [5.41, 5.74) is 4.87. The van der Waals surface area contributed by atoms with E-state index in [4.69, 9.17) is 0 Å². The molecule has 0 fully saturated rings. The molecule has 0 amide bonds. The molecular weight excluding hydrogens is 410 g/mol. The van der Waals surface area contributed by atoms with Crippen LogP contribution in [0.5, 0.6) is 0 Å². The van der Waals surface area contributed by atoms with Crippen molar-refractivity contribution >= 4 is 16.0 Å². The van der Waals surface area contributed by atoms with Gasteiger partial charge in [-0.3, -0.25) is 0 Å². The molecule has 6 heteroatoms. The number of aromatic carboxylic acids is 1. The van der Waals surface area contributed by atoms with Crippen molar-refractivity contribution in [2.75, 3.05) is 6.54 Å². The van der Waals surface area contributed by atoms with E-state index in [-0.39, 0.29) is 0 Å². The fraction of sp³-hybridized carbons (Fsp3) is 0.320. The van der Waals surface area contributed by atoms with E-state index in [0.29, 0.717) is 41.3 Å². The van der Waals surface area contributed by atoms with Gasteiger partial charge < -0.3 is 5.11 Å². The minimum absolute atomic E-state index is 0.302. The second kappa shape index (κ2) is 9.62. The number of hydrogen-bond acceptors (Lipinski definition) is 3. The van der Waals surface area contributed by atoms with Gasteiger partial charge in [-0.1, -0.05) is 56.3 Å². The van der Waals surface area contributed by atoms with Crippen molar-refractivity contribution in [3.8, 4) is 11.1 Å². The molecule has 0 saturated carbocycles. The van der Waals surface area contributed by atoms with Gasteiger partial charge in [0.2, 0.25) is 10.0 Å². The molecule has 1 aromatic rings. The van der Waals surface area contributed by atoms with Crippen molar-refractivity contribution in [3.63, 3.8) is 0 Å². The number of unbranched alkanes of at least 4 members (excludes halogenated alkanes) is 1. The average Bonchev–Trinajstić information content (AvgIpc) is 2.90. The van der Waals surface area contributed by atoms with E-state index in [1.54, 1.807) is 31.2 Å². The maximum Gasteiger partial charge on any atom is 0.336 e. The summed E-state index contributed by atoms with van der Waals surface area (Å²) < 4.78 is 27.6. The van der Waals surface area contributed by atoms with Crippen LogP contribution in [-0.4, -0.2) is 26.0 Å². The predicted molar refractivity (Wildman–Crippen MR) is 123 cm³/mol. The van der Waals surface area contributed by atoms with Crippen molar-refractivity contribution in [2.24, 2.45) is 0 Å². The molecule has 5 nitrogen and oxygen atoms in total. The van der Waals surface area contributed by atoms with Gasteiger partial charge in [-0.15, -0.1) is 0 Å². The highest BCUT2D eigenvalue weighted by molar-refractivity contribution is 7.89. The summed E-state index contributed by atoms with van der Waals surface area (Å²) in [4.78, 5) is 12.0. The Bertz CT molecular complexity index is 1150. The maximum absolute atomic E-state index is 12.5. The first kappa shape index (κ1) is 23.0. The Hall–Kier alpha value is -2.70. The van der Waals surface area contributed by atoms with Crippen LogP contribution in [0, 0.1) is 6.92 Å². The first-order valence-electron chi connectivity index (χ1n) is 10.5. The Balaban J connectivity index is 1.67. The van der Waals surface area contributed by atoms with Crippen LogP contribution >= 0.6 is 0 Å². The lowest BCUT2D eigenvalue weighted by Gasteiger charge is -2.09. The molecule has 1 aromatic carbocycles. The summed E-state index contributed by atoms with van der Waals surface area (Å²) in [6.45, 7) is 6.33. The second-order valence-corrected chi connectivity index (χ2v) is 9.89. The number of hydrogen-bond donors (Lipinski definition) is 2. The summed E-state index contributed by atoms with van der Waals surface area (Å²) in [5.74, 6) is -0.575. The standard InChI is InChI=1S/C25H29NO4S/c1-17(2)19-11-13-21-20(16-23(25(27)28)22(21)14-12-19)9-6-7-15-26-31(29,30)24-10-5-4-8-18(24)3/h4-5,8,10-14,16-17,26H,6-7,9,15H2,1-3H3,(H,27,28). The SMILES string of the molecule is Cc1ccccc1S(=O)(=O)NCCCCc1cc(C(=O)O)c2ccc(C(C)C)ccc1-2. The van der Waals surface area contributed by atoms with Crippen molar-refractivity contribution in [1.82, 2.24) is 4.72 Å². The summed E-state index contributed by atoms with van der Waals surface area (Å²) in [6.07, 6.45) is 2.11. The van der Waals surface area contributed by atoms with E-state index in [9.17, 15) is 18.3 Å². The molecule has 0 atom stereocenters. The molecule has 0 aromatic heterocycles. The summed E-state index contributed by atoms with van der Waals surface area (Å²) in [7, 11) is -3.53. The molecule has 0 aliphatic heterocycles. The van der Waals surface area contributed by atoms with Crippen molar-refractivity contribution < 1.29 is 18.3 Å². The zero-order chi connectivity index (χ0) is 22.6. The molecule has 31 heavy (non-hydrogen) atoms. The van der Waals surface area contributed by atoms with E-state index in [1.807, 2.05) is 24.3 Å². The van der Waals surface area contributed by atoms with Crippen LogP contribution in [-0.2, 0) is 16.4 Å². The normalized spacial score (nSPS) is 11.9. The van der Waals surface area contributed by atoms with Crippen LogP contribution in [0.15, 0.2) is 59.5 Å². The monoisotopic (exact) mass is 439 g/mol. The van der Waals surface area contributed by atoms with Gasteiger partial charge in [0.25, 0.3) is 0 Å². The third kappa shape index (κ3) is 5.32. The molecule has 0 saturated heterocycles. The third-order valence-electron chi connectivity index (χ3n) is 5.57. The van der Waals surface area contributed by atoms with Gasteiger partial charge in [0.1, 0.15) is 0 Å². The first-order valence-corrected chi connectivity index (χ1v) is 12.0. The molecule has 2 aliphatic rings. The number of rotatable bonds is 9. The number of sulfonamides is 1. The molecule has 0 spiro atoms. The zero-order valence-corrected chi connectivity index (χ0v) is 19.0. The van der Waals surface area contributed by atoms with Gasteiger partial charge in [-0.2, -0.15) is 0 Å². The van der Waals surface area contributed by atoms with Crippen LogP contribution in [0.4, 0.5) is 0 Å². The Labute approximate surface area is 184 Å². The lowest BCUT2D eigenvalue weighted by Crippen LogP contribution is -2.25. The second-order valence-electron chi connectivity index (χ2n) is 8.16. The van der Waals surface area contributed by atoms with Gasteiger partial charge in [0, 0.05) is 6.54 Å². The van der Waals surface area contributed by atoms with Gasteiger partial charge in [0.05, 0.1) is 10.5 Å². The number of aryl methyl sites for hydroxylation is 2. The molecule has 0 heterocycles. The number of nitrogens with one attached hydrogen (secondary N) is 1. The molecule has 0 bridgehead atoms. The van der Waals surface area contributed by atoms with Gasteiger partial charge in [0.15, 0.2) is 0 Å². The van der Waals surface area contributed by atoms with Crippen LogP contribution in [0.1, 0.15) is 59.7 Å². The van der Waals surface area contributed by atoms with E-state index >= 15 is 0 Å². The minimum Gasteiger partial charge on any atom is -0.478 e. The fourth-order valence-corrected chi connectivity index (χ4v) is 5.11. The van der Waals surface area contributed by atoms with Crippen molar-refractivity contribution in [3.05, 3.63) is 76.9 Å². The van der Waals surface area contributed by atoms with E-state index in [0.717, 1.165) is 28.7 Å². The summed E-state index contributed by atoms with van der Waals surface area (Å²) in [5, 5.41) is 9.61. The summed E-state index contributed by atoms with van der Waals surface area (Å²) in [6, 6.07) is 16.6. The summed E-state index contributed by atoms with van der Waals surface area (Å²) >= 11 is 0. The van der Waals surface area contributed by atoms with Crippen LogP contribution in [0.3, 0.4) is 0 Å². The number of benzene rings is 1. The first-order chi connectivity index (χ1) is 14.7. The van der Waals surface area contributed by atoms with Crippen LogP contribution in [0.2, 0.25) is 0 Å². The lowest BCUT2D eigenvalue weighted by atomic mass is 10.0. The minimum atomic E-state index is -3.53. The number of fused-ring (bicyclic) bond motifs is 1. The van der Waals surface area contributed by atoms with Crippen LogP contribution in [0.25, 0.3) is 11.1 Å². The molecule has 2 aliphatic carbocycles. The predicted octanol–water partition coefficient (Wildman–Crippen LogP) is 5.22. The molecule has 3 rings (SSSR count). The van der Waals surface area contributed by atoms with Gasteiger partial charge in [-0.05, 0) is 72.1 Å². The zero-order valence-electron chi connectivity index (χ0n) is 18.2. The highest BCUT2D eigenvalue weighted by Crippen LogP contribution is 2.34. The fourth-order valence-electron chi connectivity index (χ4n) is 3.79. The van der Waals surface area contributed by atoms with Crippen molar-refractivity contribution in [2.45, 2.75) is 50.8 Å². The van der Waals surface area contributed by atoms with E-state index in [1.165, 1.54) is 0 Å². The van der Waals surface area contributed by atoms with Gasteiger partial charge >= 0.3 is 5.97 Å². The van der Waals surface area contributed by atoms with E-state index < -0.39 is 16.0 Å². The Morgan fingerprint density at radius 3 is 2.32 bits per heavy atom. The highest BCUT2D eigenvalue weighted by atomic mass is 32.2. The number of carbonyl (C=O) groups is 1. The lowest BCUT2D eigenvalue weighted by molar-refractivity contribution is 0.0698. The Kier molecular flexibility index (Phi) is 7.13. The smallest absolute Gasteiger partial charge is 0.336 e. The Morgan fingerprint density at radius 1 is 1.00 bits per heavy atom. The van der Waals surface area contributed by atoms with Crippen LogP contribution < -0.4 is 4.72 Å². The molecule has 164 valence electrons. The number of carboxylic acids is 1. The molecular formula is C25H29NO4S. The highest BCUT2D eigenvalue weighted by Gasteiger charge is 2.20. The maximum atomic E-state index is 12.5. The van der Waals surface area contributed by atoms with Crippen molar-refractivity contribution in [1.29, 1.82) is 0 Å². The molecule has 0 unspecified atom stereocenters. The quantitative estimate of drug-likeness (QED) is 0.448. The topological polar surface area (TPSA) is 83.5 Å². The average molecular weight is 440 g/mol. The largest absolute Gasteiger partial charge is 0.478 e. The van der Waals surface area contributed by atoms with E-state index in [2.05, 4.69) is 24.6 Å². The molecule has 0 radical (unpaired) electrons. The molecule has 2 N–H and O–H groups in total. The van der Waals surface area contributed by atoms with Gasteiger partial charge in [-0.25, -0.2) is 17.9 Å². The Morgan fingerprint density at radius 2 is 1.68 bits per heavy atom. The third-order valence-corrected chi connectivity index (χ3v) is 7.20.